The molecule has 2 atom stereocenters. The maximum absolute atomic E-state index is 11.3. The average molecular weight is 768 g/mol. The highest BCUT2D eigenvalue weighted by molar-refractivity contribution is 5.69. The van der Waals surface area contributed by atoms with Crippen molar-refractivity contribution in [2.24, 2.45) is 0 Å². The summed E-state index contributed by atoms with van der Waals surface area (Å²) < 4.78 is 10.2. The van der Waals surface area contributed by atoms with Crippen LogP contribution in [-0.2, 0) is 14.3 Å². The Bertz CT molecular complexity index is 733. The second kappa shape index (κ2) is 47.9. The number of carbonyl (C=O) groups excluding carboxylic acids is 1. The van der Waals surface area contributed by atoms with Crippen molar-refractivity contribution < 1.29 is 29.6 Å². The Balaban J connectivity index is 0. The van der Waals surface area contributed by atoms with Crippen LogP contribution in [0.3, 0.4) is 0 Å². The van der Waals surface area contributed by atoms with Gasteiger partial charge in [-0.15, -0.1) is 0 Å². The van der Waals surface area contributed by atoms with Crippen LogP contribution in [0.25, 0.3) is 0 Å². The molecule has 3 N–H and O–H groups in total. The number of allylic oxidation sites excluding steroid dienone is 4. The molecule has 7 heteroatoms. The van der Waals surface area contributed by atoms with Gasteiger partial charge in [-0.1, -0.05) is 154 Å². The number of hydrogen-bond donors (Lipinski definition) is 3. The molecule has 7 nitrogen and oxygen atoms in total. The largest absolute Gasteiger partial charge is 0.463 e. The standard InChI is InChI=1S/2C18H36O.C11H21NO4/c2*1-2-3-4-5-6-7-8-9-10-11-12-13-14-15-16-17-18-19;1-12(2)7-3-4-10(13)15-8-9-5-6-11(14)16-9/h2*9-10,19H,2-8,11-18H2,1H3;9,11,14H,3-8H2,1-2H3/b2*10-9-;/t;;9-,11+/m..0/s1. The predicted molar refractivity (Wildman–Crippen MR) is 232 cm³/mol. The topological polar surface area (TPSA) is 99.5 Å². The number of aliphatic hydroxyl groups excluding tert-OH is 3. The zero-order chi connectivity index (χ0) is 40.0. The highest BCUT2D eigenvalue weighted by atomic mass is 16.6. The van der Waals surface area contributed by atoms with E-state index in [1.165, 1.54) is 167 Å². The Morgan fingerprint density at radius 1 is 0.574 bits per heavy atom. The molecule has 54 heavy (non-hydrogen) atoms. The molecule has 322 valence electrons. The van der Waals surface area contributed by atoms with Crippen LogP contribution < -0.4 is 0 Å². The molecule has 0 spiro atoms. The predicted octanol–water partition coefficient (Wildman–Crippen LogP) is 12.4. The van der Waals surface area contributed by atoms with Crippen molar-refractivity contribution in [2.45, 2.75) is 232 Å². The van der Waals surface area contributed by atoms with Gasteiger partial charge in [0.05, 0.1) is 6.10 Å². The number of hydrogen-bond acceptors (Lipinski definition) is 7. The van der Waals surface area contributed by atoms with Crippen LogP contribution in [0.4, 0.5) is 0 Å². The molecule has 1 heterocycles. The Kier molecular flexibility index (Phi) is 48.7. The van der Waals surface area contributed by atoms with E-state index in [-0.39, 0.29) is 18.7 Å². The monoisotopic (exact) mass is 768 g/mol. The molecule has 0 aromatic rings. The first-order valence-corrected chi connectivity index (χ1v) is 23.1. The number of unbranched alkanes of at least 4 members (excludes halogenated alkanes) is 24. The molecule has 0 unspecified atom stereocenters. The van der Waals surface area contributed by atoms with Gasteiger partial charge in [-0.3, -0.25) is 4.79 Å². The first-order chi connectivity index (χ1) is 26.4. The molecule has 1 saturated heterocycles. The Morgan fingerprint density at radius 3 is 1.28 bits per heavy atom. The molecule has 0 aromatic heterocycles. The van der Waals surface area contributed by atoms with E-state index in [0.29, 0.717) is 26.1 Å². The summed E-state index contributed by atoms with van der Waals surface area (Å²) in [7, 11) is 3.94. The van der Waals surface area contributed by atoms with Gasteiger partial charge in [-0.2, -0.15) is 0 Å². The van der Waals surface area contributed by atoms with E-state index in [9.17, 15) is 4.79 Å². The quantitative estimate of drug-likeness (QED) is 0.0332. The van der Waals surface area contributed by atoms with Crippen molar-refractivity contribution in [3.63, 3.8) is 0 Å². The molecule has 1 fully saturated rings. The van der Waals surface area contributed by atoms with Crippen LogP contribution >= 0.6 is 0 Å². The van der Waals surface area contributed by atoms with Crippen molar-refractivity contribution in [1.82, 2.24) is 4.90 Å². The van der Waals surface area contributed by atoms with Crippen LogP contribution in [-0.4, -0.2) is 79.0 Å². The van der Waals surface area contributed by atoms with Crippen LogP contribution in [0.15, 0.2) is 24.3 Å². The zero-order valence-electron chi connectivity index (χ0n) is 36.4. The van der Waals surface area contributed by atoms with Crippen molar-refractivity contribution in [3.8, 4) is 0 Å². The van der Waals surface area contributed by atoms with E-state index in [2.05, 4.69) is 38.2 Å². The molecule has 0 bridgehead atoms. The van der Waals surface area contributed by atoms with Gasteiger partial charge in [0, 0.05) is 26.1 Å². The van der Waals surface area contributed by atoms with E-state index in [1.807, 2.05) is 19.0 Å². The fraction of sp³-hybridized carbons (Fsp3) is 0.894. The Labute approximate surface area is 336 Å². The normalized spacial score (nSPS) is 15.5. The zero-order valence-corrected chi connectivity index (χ0v) is 36.4. The summed E-state index contributed by atoms with van der Waals surface area (Å²) in [5.74, 6) is -0.188. The van der Waals surface area contributed by atoms with Crippen LogP contribution in [0, 0.1) is 0 Å². The van der Waals surface area contributed by atoms with Gasteiger partial charge in [-0.05, 0) is 97.7 Å². The Hall–Kier alpha value is -1.25. The minimum absolute atomic E-state index is 0.132. The third-order valence-electron chi connectivity index (χ3n) is 9.84. The van der Waals surface area contributed by atoms with Gasteiger partial charge < -0.3 is 29.7 Å². The number of esters is 1. The second-order valence-corrected chi connectivity index (χ2v) is 15.7. The van der Waals surface area contributed by atoms with Gasteiger partial charge in [0.15, 0.2) is 6.29 Å². The molecule has 1 aliphatic heterocycles. The summed E-state index contributed by atoms with van der Waals surface area (Å²) in [4.78, 5) is 13.3. The highest BCUT2D eigenvalue weighted by Gasteiger charge is 2.24. The number of rotatable bonds is 36. The molecular formula is C47H93NO6. The van der Waals surface area contributed by atoms with E-state index in [0.717, 1.165) is 32.2 Å². The minimum Gasteiger partial charge on any atom is -0.463 e. The molecule has 1 aliphatic rings. The van der Waals surface area contributed by atoms with Crippen molar-refractivity contribution >= 4 is 5.97 Å². The molecule has 0 aliphatic carbocycles. The minimum atomic E-state index is -0.683. The first kappa shape index (κ1) is 54.8. The molecule has 1 rings (SSSR count). The number of carbonyl (C=O) groups is 1. The summed E-state index contributed by atoms with van der Waals surface area (Å²) in [6.07, 6.45) is 48.2. The highest BCUT2D eigenvalue weighted by Crippen LogP contribution is 2.18. The fourth-order valence-corrected chi connectivity index (χ4v) is 6.33. The van der Waals surface area contributed by atoms with E-state index in [1.54, 1.807) is 0 Å². The number of nitrogens with zero attached hydrogens (tertiary/aromatic N) is 1. The SMILES string of the molecule is CCCCCCCC/C=C\CCCCCCCCO.CCCCCCCC/C=C\CCCCCCCCO.CN(C)CCCC(=O)OC[C@@H]1CC[C@H](O)O1. The summed E-state index contributed by atoms with van der Waals surface area (Å²) in [5, 5.41) is 26.4. The fourth-order valence-electron chi connectivity index (χ4n) is 6.33. The average Bonchev–Trinajstić information content (AvgIpc) is 3.59. The van der Waals surface area contributed by atoms with Gasteiger partial charge in [0.2, 0.25) is 0 Å². The lowest BCUT2D eigenvalue weighted by Gasteiger charge is -2.12. The maximum Gasteiger partial charge on any atom is 0.305 e. The summed E-state index contributed by atoms with van der Waals surface area (Å²) in [6.45, 7) is 6.42. The van der Waals surface area contributed by atoms with Crippen LogP contribution in [0.1, 0.15) is 219 Å². The number of aliphatic hydroxyl groups is 3. The second-order valence-electron chi connectivity index (χ2n) is 15.7. The lowest BCUT2D eigenvalue weighted by atomic mass is 10.1. The molecule has 0 aromatic carbocycles. The lowest BCUT2D eigenvalue weighted by Crippen LogP contribution is -2.20. The lowest BCUT2D eigenvalue weighted by molar-refractivity contribution is -0.152. The maximum atomic E-state index is 11.3. The van der Waals surface area contributed by atoms with Crippen molar-refractivity contribution in [1.29, 1.82) is 0 Å². The summed E-state index contributed by atoms with van der Waals surface area (Å²) in [5.41, 5.74) is 0. The van der Waals surface area contributed by atoms with Gasteiger partial charge >= 0.3 is 5.97 Å². The number of ether oxygens (including phenoxy) is 2. The Morgan fingerprint density at radius 2 is 0.944 bits per heavy atom. The van der Waals surface area contributed by atoms with Gasteiger partial charge in [-0.25, -0.2) is 0 Å². The van der Waals surface area contributed by atoms with Crippen molar-refractivity contribution in [2.75, 3.05) is 40.5 Å². The third kappa shape index (κ3) is 48.8. The first-order valence-electron chi connectivity index (χ1n) is 23.1. The van der Waals surface area contributed by atoms with E-state index in [4.69, 9.17) is 24.8 Å². The molecule has 0 amide bonds. The van der Waals surface area contributed by atoms with E-state index >= 15 is 0 Å². The van der Waals surface area contributed by atoms with Crippen molar-refractivity contribution in [3.05, 3.63) is 24.3 Å². The summed E-state index contributed by atoms with van der Waals surface area (Å²) >= 11 is 0. The van der Waals surface area contributed by atoms with E-state index < -0.39 is 6.29 Å². The van der Waals surface area contributed by atoms with Crippen LogP contribution in [0.5, 0.6) is 0 Å². The van der Waals surface area contributed by atoms with Gasteiger partial charge in [0.1, 0.15) is 6.61 Å². The molecular weight excluding hydrogens is 675 g/mol. The van der Waals surface area contributed by atoms with Crippen LogP contribution in [0.2, 0.25) is 0 Å². The third-order valence-corrected chi connectivity index (χ3v) is 9.84. The summed E-state index contributed by atoms with van der Waals surface area (Å²) in [6, 6.07) is 0. The molecule has 0 radical (unpaired) electrons. The smallest absolute Gasteiger partial charge is 0.305 e. The molecule has 0 saturated carbocycles. The van der Waals surface area contributed by atoms with Gasteiger partial charge in [0.25, 0.3) is 0 Å².